The Kier molecular flexibility index (Phi) is 6.78. The lowest BCUT2D eigenvalue weighted by molar-refractivity contribution is 0.0719. The standard InChI is InChI=1S/C25H24F2O2/c1-25(2,15-14-19-8-11-21(26)12-9-19)18-28-17-20-10-13-23(27)24(16-20)29-22-6-4-3-5-7-22/h3-16H,17-18H2,1-2H3/b15-14+. The van der Waals surface area contributed by atoms with Crippen LogP contribution in [0.25, 0.3) is 6.08 Å². The van der Waals surface area contributed by atoms with Crippen molar-refractivity contribution in [2.24, 2.45) is 5.41 Å². The molecule has 0 aliphatic heterocycles. The van der Waals surface area contributed by atoms with Gasteiger partial charge in [-0.1, -0.05) is 62.4 Å². The lowest BCUT2D eigenvalue weighted by atomic mass is 9.93. The highest BCUT2D eigenvalue weighted by Gasteiger charge is 2.14. The van der Waals surface area contributed by atoms with Gasteiger partial charge in [-0.15, -0.1) is 0 Å². The van der Waals surface area contributed by atoms with E-state index in [0.29, 0.717) is 19.0 Å². The Hall–Kier alpha value is -2.98. The third kappa shape index (κ3) is 6.54. The highest BCUT2D eigenvalue weighted by Crippen LogP contribution is 2.26. The molecule has 0 fully saturated rings. The van der Waals surface area contributed by atoms with Gasteiger partial charge in [-0.25, -0.2) is 8.78 Å². The lowest BCUT2D eigenvalue weighted by Gasteiger charge is -2.20. The van der Waals surface area contributed by atoms with E-state index in [1.165, 1.54) is 18.2 Å². The fourth-order valence-electron chi connectivity index (χ4n) is 2.71. The molecule has 150 valence electrons. The van der Waals surface area contributed by atoms with Crippen LogP contribution in [0.2, 0.25) is 0 Å². The number of hydrogen-bond donors (Lipinski definition) is 0. The van der Waals surface area contributed by atoms with E-state index >= 15 is 0 Å². The fourth-order valence-corrected chi connectivity index (χ4v) is 2.71. The van der Waals surface area contributed by atoms with Crippen LogP contribution in [0.1, 0.15) is 25.0 Å². The average molecular weight is 394 g/mol. The van der Waals surface area contributed by atoms with Crippen molar-refractivity contribution in [1.29, 1.82) is 0 Å². The van der Waals surface area contributed by atoms with Gasteiger partial charge < -0.3 is 9.47 Å². The van der Waals surface area contributed by atoms with Gasteiger partial charge in [0, 0.05) is 5.41 Å². The van der Waals surface area contributed by atoms with Crippen molar-refractivity contribution in [2.45, 2.75) is 20.5 Å². The summed E-state index contributed by atoms with van der Waals surface area (Å²) in [6.07, 6.45) is 3.99. The van der Waals surface area contributed by atoms with Crippen LogP contribution in [0.15, 0.2) is 78.9 Å². The molecule has 29 heavy (non-hydrogen) atoms. The van der Waals surface area contributed by atoms with E-state index in [0.717, 1.165) is 11.1 Å². The van der Waals surface area contributed by atoms with Crippen molar-refractivity contribution in [2.75, 3.05) is 6.61 Å². The van der Waals surface area contributed by atoms with Gasteiger partial charge in [-0.05, 0) is 47.5 Å². The van der Waals surface area contributed by atoms with E-state index < -0.39 is 5.82 Å². The molecule has 0 aromatic heterocycles. The van der Waals surface area contributed by atoms with Crippen LogP contribution in [0.3, 0.4) is 0 Å². The molecule has 4 heteroatoms. The maximum atomic E-state index is 14.1. The number of benzene rings is 3. The van der Waals surface area contributed by atoms with E-state index in [1.807, 2.05) is 30.4 Å². The molecule has 0 unspecified atom stereocenters. The second kappa shape index (κ2) is 9.48. The van der Waals surface area contributed by atoms with Crippen molar-refractivity contribution in [3.8, 4) is 11.5 Å². The molecule has 0 atom stereocenters. The molecule has 0 amide bonds. The zero-order valence-electron chi connectivity index (χ0n) is 16.6. The van der Waals surface area contributed by atoms with Gasteiger partial charge in [-0.2, -0.15) is 0 Å². The topological polar surface area (TPSA) is 18.5 Å². The van der Waals surface area contributed by atoms with Crippen LogP contribution in [-0.4, -0.2) is 6.61 Å². The molecule has 3 aromatic rings. The van der Waals surface area contributed by atoms with Crippen molar-refractivity contribution in [3.05, 3.63) is 102 Å². The Morgan fingerprint density at radius 2 is 1.62 bits per heavy atom. The first-order valence-corrected chi connectivity index (χ1v) is 9.45. The number of ether oxygens (including phenoxy) is 2. The van der Waals surface area contributed by atoms with Crippen LogP contribution < -0.4 is 4.74 Å². The van der Waals surface area contributed by atoms with Crippen molar-refractivity contribution in [1.82, 2.24) is 0 Å². The lowest BCUT2D eigenvalue weighted by Crippen LogP contribution is -2.16. The molecule has 0 radical (unpaired) electrons. The summed E-state index contributed by atoms with van der Waals surface area (Å²) in [4.78, 5) is 0. The molecule has 3 rings (SSSR count). The van der Waals surface area contributed by atoms with E-state index in [9.17, 15) is 8.78 Å². The number of para-hydroxylation sites is 1. The molecule has 0 bridgehead atoms. The first-order valence-electron chi connectivity index (χ1n) is 9.45. The summed E-state index contributed by atoms with van der Waals surface area (Å²) in [7, 11) is 0. The van der Waals surface area contributed by atoms with E-state index in [2.05, 4.69) is 13.8 Å². The molecule has 0 saturated carbocycles. The largest absolute Gasteiger partial charge is 0.454 e. The van der Waals surface area contributed by atoms with Crippen LogP contribution in [0, 0.1) is 17.0 Å². The maximum absolute atomic E-state index is 14.1. The van der Waals surface area contributed by atoms with Gasteiger partial charge in [0.15, 0.2) is 11.6 Å². The Labute approximate surface area is 170 Å². The summed E-state index contributed by atoms with van der Waals surface area (Å²) in [5, 5.41) is 0. The molecule has 0 spiro atoms. The monoisotopic (exact) mass is 394 g/mol. The van der Waals surface area contributed by atoms with Gasteiger partial charge >= 0.3 is 0 Å². The van der Waals surface area contributed by atoms with E-state index in [4.69, 9.17) is 9.47 Å². The highest BCUT2D eigenvalue weighted by molar-refractivity contribution is 5.49. The maximum Gasteiger partial charge on any atom is 0.165 e. The Morgan fingerprint density at radius 1 is 0.897 bits per heavy atom. The Balaban J connectivity index is 1.56. The van der Waals surface area contributed by atoms with E-state index in [-0.39, 0.29) is 17.0 Å². The van der Waals surface area contributed by atoms with E-state index in [1.54, 1.807) is 36.4 Å². The molecular formula is C25H24F2O2. The normalized spacial score (nSPS) is 11.7. The minimum absolute atomic E-state index is 0.174. The highest BCUT2D eigenvalue weighted by atomic mass is 19.1. The smallest absolute Gasteiger partial charge is 0.165 e. The third-order valence-corrected chi connectivity index (χ3v) is 4.31. The Morgan fingerprint density at radius 3 is 2.34 bits per heavy atom. The summed E-state index contributed by atoms with van der Waals surface area (Å²) in [6.45, 7) is 4.94. The molecule has 0 saturated heterocycles. The summed E-state index contributed by atoms with van der Waals surface area (Å²) in [5.41, 5.74) is 1.55. The molecule has 2 nitrogen and oxygen atoms in total. The van der Waals surface area contributed by atoms with Gasteiger partial charge in [-0.3, -0.25) is 0 Å². The predicted octanol–water partition coefficient (Wildman–Crippen LogP) is 7.01. The summed E-state index contributed by atoms with van der Waals surface area (Å²) < 4.78 is 38.5. The summed E-state index contributed by atoms with van der Waals surface area (Å²) in [5.74, 6) is 0.0871. The minimum atomic E-state index is -0.417. The number of hydrogen-bond acceptors (Lipinski definition) is 2. The Bertz CT molecular complexity index is 948. The van der Waals surface area contributed by atoms with Gasteiger partial charge in [0.25, 0.3) is 0 Å². The molecule has 3 aromatic carbocycles. The molecule has 0 heterocycles. The molecule has 0 aliphatic rings. The van der Waals surface area contributed by atoms with Crippen molar-refractivity contribution in [3.63, 3.8) is 0 Å². The molecule has 0 N–H and O–H groups in total. The third-order valence-electron chi connectivity index (χ3n) is 4.31. The summed E-state index contributed by atoms with van der Waals surface area (Å²) in [6, 6.07) is 20.2. The van der Waals surface area contributed by atoms with Crippen molar-refractivity contribution < 1.29 is 18.3 Å². The van der Waals surface area contributed by atoms with Crippen molar-refractivity contribution >= 4 is 6.08 Å². The summed E-state index contributed by atoms with van der Waals surface area (Å²) >= 11 is 0. The second-order valence-electron chi connectivity index (χ2n) is 7.55. The fraction of sp³-hybridized carbons (Fsp3) is 0.200. The first-order chi connectivity index (χ1) is 13.9. The number of rotatable bonds is 8. The van der Waals surface area contributed by atoms with Gasteiger partial charge in [0.1, 0.15) is 11.6 Å². The quantitative estimate of drug-likeness (QED) is 0.409. The zero-order valence-corrected chi connectivity index (χ0v) is 16.6. The van der Waals surface area contributed by atoms with Crippen LogP contribution in [0.4, 0.5) is 8.78 Å². The van der Waals surface area contributed by atoms with Crippen LogP contribution >= 0.6 is 0 Å². The second-order valence-corrected chi connectivity index (χ2v) is 7.55. The average Bonchev–Trinajstić information content (AvgIpc) is 2.71. The first kappa shape index (κ1) is 20.7. The molecular weight excluding hydrogens is 370 g/mol. The SMILES string of the molecule is CC(C)(/C=C/c1ccc(F)cc1)COCc1ccc(F)c(Oc2ccccc2)c1. The van der Waals surface area contributed by atoms with Gasteiger partial charge in [0.2, 0.25) is 0 Å². The van der Waals surface area contributed by atoms with Crippen LogP contribution in [0.5, 0.6) is 11.5 Å². The van der Waals surface area contributed by atoms with Crippen LogP contribution in [-0.2, 0) is 11.3 Å². The predicted molar refractivity (Wildman–Crippen MR) is 112 cm³/mol. The van der Waals surface area contributed by atoms with Gasteiger partial charge in [0.05, 0.1) is 13.2 Å². The minimum Gasteiger partial charge on any atom is -0.454 e. The zero-order chi connectivity index (χ0) is 20.7. The number of halogens is 2. The molecule has 0 aliphatic carbocycles.